The molecule has 1 aliphatic rings. The van der Waals surface area contributed by atoms with Crippen LogP contribution in [0.1, 0.15) is 16.7 Å². The topological polar surface area (TPSA) is 24.9 Å². The van der Waals surface area contributed by atoms with Gasteiger partial charge >= 0.3 is 0 Å². The number of nitrogens with one attached hydrogen (secondary N) is 1. The first kappa shape index (κ1) is 10.5. The molecule has 1 heterocycles. The van der Waals surface area contributed by atoms with Crippen molar-refractivity contribution in [1.82, 2.24) is 10.3 Å². The van der Waals surface area contributed by atoms with Crippen LogP contribution in [0.2, 0.25) is 0 Å². The summed E-state index contributed by atoms with van der Waals surface area (Å²) in [5, 5.41) is 3.62. The third kappa shape index (κ3) is 2.37. The van der Waals surface area contributed by atoms with E-state index in [2.05, 4.69) is 46.7 Å². The van der Waals surface area contributed by atoms with Crippen LogP contribution in [0.4, 0.5) is 0 Å². The molecule has 0 fully saturated rings. The van der Waals surface area contributed by atoms with Gasteiger partial charge in [-0.15, -0.1) is 0 Å². The molecule has 17 heavy (non-hydrogen) atoms. The van der Waals surface area contributed by atoms with Gasteiger partial charge in [0.05, 0.1) is 0 Å². The molecule has 1 aromatic heterocycles. The Kier molecular flexibility index (Phi) is 2.88. The smallest absolute Gasteiger partial charge is 0.0271 e. The fourth-order valence-corrected chi connectivity index (χ4v) is 2.47. The van der Waals surface area contributed by atoms with Crippen molar-refractivity contribution >= 4 is 0 Å². The molecule has 2 nitrogen and oxygen atoms in total. The molecule has 0 amide bonds. The van der Waals surface area contributed by atoms with Gasteiger partial charge in [-0.1, -0.05) is 24.3 Å². The first-order valence-corrected chi connectivity index (χ1v) is 6.11. The minimum atomic E-state index is 0.584. The number of rotatable bonds is 3. The maximum absolute atomic E-state index is 4.03. The molecule has 0 spiro atoms. The summed E-state index contributed by atoms with van der Waals surface area (Å²) >= 11 is 0. The van der Waals surface area contributed by atoms with E-state index in [0.717, 1.165) is 19.4 Å². The van der Waals surface area contributed by atoms with E-state index in [1.807, 2.05) is 12.4 Å². The van der Waals surface area contributed by atoms with E-state index in [4.69, 9.17) is 0 Å². The number of hydrogen-bond acceptors (Lipinski definition) is 2. The Hall–Kier alpha value is -1.67. The Morgan fingerprint density at radius 2 is 1.65 bits per heavy atom. The van der Waals surface area contributed by atoms with E-state index < -0.39 is 0 Å². The van der Waals surface area contributed by atoms with Gasteiger partial charge in [-0.25, -0.2) is 0 Å². The van der Waals surface area contributed by atoms with Crippen LogP contribution in [0.25, 0.3) is 0 Å². The van der Waals surface area contributed by atoms with Gasteiger partial charge in [-0.05, 0) is 41.7 Å². The van der Waals surface area contributed by atoms with Crippen LogP contribution in [0.5, 0.6) is 0 Å². The minimum absolute atomic E-state index is 0.584. The highest BCUT2D eigenvalue weighted by atomic mass is 14.9. The highest BCUT2D eigenvalue weighted by Crippen LogP contribution is 2.21. The molecular formula is C15H16N2. The van der Waals surface area contributed by atoms with Crippen molar-refractivity contribution in [1.29, 1.82) is 0 Å². The summed E-state index contributed by atoms with van der Waals surface area (Å²) in [6, 6.07) is 13.5. The molecule has 0 atom stereocenters. The Bertz CT molecular complexity index is 468. The fraction of sp³-hybridized carbons (Fsp3) is 0.267. The summed E-state index contributed by atoms with van der Waals surface area (Å²) in [5.41, 5.74) is 4.30. The minimum Gasteiger partial charge on any atom is -0.309 e. The van der Waals surface area contributed by atoms with Crippen LogP contribution >= 0.6 is 0 Å². The van der Waals surface area contributed by atoms with E-state index in [0.29, 0.717) is 6.04 Å². The Morgan fingerprint density at radius 3 is 2.29 bits per heavy atom. The van der Waals surface area contributed by atoms with Gasteiger partial charge in [0.2, 0.25) is 0 Å². The molecule has 86 valence electrons. The van der Waals surface area contributed by atoms with Crippen molar-refractivity contribution < 1.29 is 0 Å². The summed E-state index contributed by atoms with van der Waals surface area (Å²) in [4.78, 5) is 4.03. The van der Waals surface area contributed by atoms with Crippen LogP contribution in [0, 0.1) is 0 Å². The third-order valence-electron chi connectivity index (χ3n) is 3.40. The second kappa shape index (κ2) is 4.68. The van der Waals surface area contributed by atoms with Gasteiger partial charge in [-0.3, -0.25) is 4.98 Å². The Morgan fingerprint density at radius 1 is 1.00 bits per heavy atom. The predicted molar refractivity (Wildman–Crippen MR) is 68.7 cm³/mol. The van der Waals surface area contributed by atoms with E-state index >= 15 is 0 Å². The first-order valence-electron chi connectivity index (χ1n) is 6.11. The molecule has 1 aliphatic carbocycles. The quantitative estimate of drug-likeness (QED) is 0.865. The molecule has 0 aliphatic heterocycles. The van der Waals surface area contributed by atoms with Crippen molar-refractivity contribution in [3.8, 4) is 0 Å². The summed E-state index contributed by atoms with van der Waals surface area (Å²) in [6.45, 7) is 0.932. The van der Waals surface area contributed by atoms with Gasteiger partial charge in [0.25, 0.3) is 0 Å². The highest BCUT2D eigenvalue weighted by Gasteiger charge is 2.19. The van der Waals surface area contributed by atoms with Crippen molar-refractivity contribution in [2.75, 3.05) is 0 Å². The molecule has 1 N–H and O–H groups in total. The molecule has 3 rings (SSSR count). The molecular weight excluding hydrogens is 208 g/mol. The zero-order chi connectivity index (χ0) is 11.5. The lowest BCUT2D eigenvalue weighted by atomic mass is 10.1. The number of benzene rings is 1. The second-order valence-electron chi connectivity index (χ2n) is 4.61. The van der Waals surface area contributed by atoms with E-state index in [1.165, 1.54) is 16.7 Å². The van der Waals surface area contributed by atoms with Gasteiger partial charge in [0, 0.05) is 25.0 Å². The third-order valence-corrected chi connectivity index (χ3v) is 3.40. The van der Waals surface area contributed by atoms with Crippen molar-refractivity contribution in [2.24, 2.45) is 0 Å². The van der Waals surface area contributed by atoms with Crippen molar-refractivity contribution in [2.45, 2.75) is 25.4 Å². The molecule has 0 saturated carbocycles. The van der Waals surface area contributed by atoms with E-state index in [1.54, 1.807) is 0 Å². The molecule has 2 aromatic rings. The van der Waals surface area contributed by atoms with Crippen molar-refractivity contribution in [3.63, 3.8) is 0 Å². The van der Waals surface area contributed by atoms with Crippen LogP contribution in [0.3, 0.4) is 0 Å². The number of nitrogens with zero attached hydrogens (tertiary/aromatic N) is 1. The fourth-order valence-electron chi connectivity index (χ4n) is 2.47. The number of fused-ring (bicyclic) bond motifs is 1. The average Bonchev–Trinajstić information content (AvgIpc) is 2.80. The summed E-state index contributed by atoms with van der Waals surface area (Å²) in [6.07, 6.45) is 6.00. The van der Waals surface area contributed by atoms with Gasteiger partial charge in [0.15, 0.2) is 0 Å². The summed E-state index contributed by atoms with van der Waals surface area (Å²) < 4.78 is 0. The second-order valence-corrected chi connectivity index (χ2v) is 4.61. The van der Waals surface area contributed by atoms with E-state index in [-0.39, 0.29) is 0 Å². The Balaban J connectivity index is 1.59. The maximum Gasteiger partial charge on any atom is 0.0271 e. The lowest BCUT2D eigenvalue weighted by molar-refractivity contribution is 0.532. The van der Waals surface area contributed by atoms with Crippen LogP contribution < -0.4 is 5.32 Å². The largest absolute Gasteiger partial charge is 0.309 e. The molecule has 0 saturated heterocycles. The standard InChI is InChI=1S/C15H16N2/c1-2-4-14-10-15(9-13(14)3-1)17-11-12-5-7-16-8-6-12/h1-8,15,17H,9-11H2. The number of hydrogen-bond donors (Lipinski definition) is 1. The number of aromatic nitrogens is 1. The summed E-state index contributed by atoms with van der Waals surface area (Å²) in [7, 11) is 0. The average molecular weight is 224 g/mol. The van der Waals surface area contributed by atoms with Gasteiger partial charge in [0.1, 0.15) is 0 Å². The zero-order valence-electron chi connectivity index (χ0n) is 9.76. The van der Waals surface area contributed by atoms with Crippen molar-refractivity contribution in [3.05, 3.63) is 65.5 Å². The van der Waals surface area contributed by atoms with Gasteiger partial charge in [-0.2, -0.15) is 0 Å². The van der Waals surface area contributed by atoms with E-state index in [9.17, 15) is 0 Å². The monoisotopic (exact) mass is 224 g/mol. The molecule has 0 unspecified atom stereocenters. The molecule has 0 bridgehead atoms. The lowest BCUT2D eigenvalue weighted by Gasteiger charge is -2.11. The van der Waals surface area contributed by atoms with Crippen LogP contribution in [-0.4, -0.2) is 11.0 Å². The molecule has 0 radical (unpaired) electrons. The summed E-state index contributed by atoms with van der Waals surface area (Å²) in [5.74, 6) is 0. The lowest BCUT2D eigenvalue weighted by Crippen LogP contribution is -2.28. The zero-order valence-corrected chi connectivity index (χ0v) is 9.76. The SMILES string of the molecule is c1ccc2c(c1)CC(NCc1ccncc1)C2. The van der Waals surface area contributed by atoms with Crippen LogP contribution in [-0.2, 0) is 19.4 Å². The molecule has 1 aromatic carbocycles. The predicted octanol–water partition coefficient (Wildman–Crippen LogP) is 2.34. The maximum atomic E-state index is 4.03. The Labute approximate surface area is 102 Å². The van der Waals surface area contributed by atoms with Crippen LogP contribution in [0.15, 0.2) is 48.8 Å². The van der Waals surface area contributed by atoms with Gasteiger partial charge < -0.3 is 5.32 Å². The molecule has 2 heteroatoms. The normalized spacial score (nSPS) is 14.8. The highest BCUT2D eigenvalue weighted by molar-refractivity contribution is 5.33. The first-order chi connectivity index (χ1) is 8.42. The number of pyridine rings is 1.